The fourth-order valence-electron chi connectivity index (χ4n) is 3.00. The van der Waals surface area contributed by atoms with Gasteiger partial charge in [0.25, 0.3) is 5.91 Å². The number of nitrogens with zero attached hydrogens (tertiary/aromatic N) is 1. The molecule has 0 saturated heterocycles. The number of nitrogens with one attached hydrogen (secondary N) is 1. The molecule has 2 heterocycles. The van der Waals surface area contributed by atoms with Crippen LogP contribution in [-0.2, 0) is 4.79 Å². The van der Waals surface area contributed by atoms with Gasteiger partial charge in [0.2, 0.25) is 5.78 Å². The molecule has 2 aromatic carbocycles. The minimum Gasteiger partial charge on any atom is -0.323 e. The number of alkyl halides is 1. The molecule has 0 bridgehead atoms. The van der Waals surface area contributed by atoms with Crippen molar-refractivity contribution in [2.45, 2.75) is 0 Å². The van der Waals surface area contributed by atoms with E-state index in [1.807, 2.05) is 36.4 Å². The van der Waals surface area contributed by atoms with Crippen molar-refractivity contribution < 1.29 is 9.59 Å². The summed E-state index contributed by atoms with van der Waals surface area (Å²) in [4.78, 5) is 26.8. The van der Waals surface area contributed by atoms with Crippen molar-refractivity contribution in [3.63, 3.8) is 0 Å². The minimum atomic E-state index is -0.271. The van der Waals surface area contributed by atoms with Crippen molar-refractivity contribution in [1.29, 1.82) is 0 Å². The van der Waals surface area contributed by atoms with E-state index >= 15 is 0 Å². The summed E-state index contributed by atoms with van der Waals surface area (Å²) in [5.41, 5.74) is 3.49. The molecule has 0 spiro atoms. The number of para-hydroxylation sites is 2. The lowest BCUT2D eigenvalue weighted by atomic mass is 10.0. The molecule has 22 heavy (non-hydrogen) atoms. The molecular formula is C17H11ClN2O2. The number of fused-ring (bicyclic) bond motifs is 2. The third kappa shape index (κ3) is 1.64. The van der Waals surface area contributed by atoms with Crippen LogP contribution in [0.4, 0.5) is 11.4 Å². The number of allylic oxidation sites excluding steroid dienone is 1. The molecule has 0 saturated carbocycles. The third-order valence-electron chi connectivity index (χ3n) is 3.95. The molecule has 0 fully saturated rings. The van der Waals surface area contributed by atoms with Crippen molar-refractivity contribution >= 4 is 40.2 Å². The molecule has 0 unspecified atom stereocenters. The maximum atomic E-state index is 12.8. The Morgan fingerprint density at radius 2 is 1.64 bits per heavy atom. The minimum absolute atomic E-state index is 0.108. The van der Waals surface area contributed by atoms with Crippen LogP contribution in [0.3, 0.4) is 0 Å². The molecule has 2 aliphatic rings. The summed E-state index contributed by atoms with van der Waals surface area (Å²) >= 11 is 6.06. The zero-order chi connectivity index (χ0) is 15.3. The summed E-state index contributed by atoms with van der Waals surface area (Å²) < 4.78 is 0. The molecular weight excluding hydrogens is 300 g/mol. The van der Waals surface area contributed by atoms with Gasteiger partial charge in [-0.2, -0.15) is 0 Å². The number of benzene rings is 2. The standard InChI is InChI=1S/C17H11ClN2O2/c18-9-20-13-8-4-2-6-11(13)16(21)15(20)14-10-5-1-3-7-12(10)19-17(14)22/h1-8H,9H2,(H,19,22)/b15-14-. The van der Waals surface area contributed by atoms with Gasteiger partial charge in [-0.15, -0.1) is 11.6 Å². The van der Waals surface area contributed by atoms with Gasteiger partial charge >= 0.3 is 0 Å². The highest BCUT2D eigenvalue weighted by atomic mass is 35.5. The fourth-order valence-corrected chi connectivity index (χ4v) is 3.24. The van der Waals surface area contributed by atoms with E-state index in [0.29, 0.717) is 22.5 Å². The van der Waals surface area contributed by atoms with E-state index in [-0.39, 0.29) is 17.7 Å². The summed E-state index contributed by atoms with van der Waals surface area (Å²) in [5.74, 6) is -0.439. The van der Waals surface area contributed by atoms with Crippen LogP contribution in [0, 0.1) is 0 Å². The second-order valence-electron chi connectivity index (χ2n) is 5.12. The van der Waals surface area contributed by atoms with Gasteiger partial charge in [0.1, 0.15) is 5.70 Å². The van der Waals surface area contributed by atoms with Crippen LogP contribution in [0.1, 0.15) is 15.9 Å². The summed E-state index contributed by atoms with van der Waals surface area (Å²) in [7, 11) is 0. The maximum absolute atomic E-state index is 12.8. The highest BCUT2D eigenvalue weighted by Crippen LogP contribution is 2.42. The van der Waals surface area contributed by atoms with Crippen LogP contribution in [-0.4, -0.2) is 17.7 Å². The van der Waals surface area contributed by atoms with Gasteiger partial charge in [-0.1, -0.05) is 30.3 Å². The number of carbonyl (C=O) groups is 2. The van der Waals surface area contributed by atoms with E-state index in [1.54, 1.807) is 17.0 Å². The molecule has 1 N–H and O–H groups in total. The van der Waals surface area contributed by atoms with Crippen molar-refractivity contribution in [2.75, 3.05) is 16.2 Å². The zero-order valence-electron chi connectivity index (χ0n) is 11.5. The van der Waals surface area contributed by atoms with Gasteiger partial charge in [-0.05, 0) is 18.2 Å². The number of anilines is 2. The van der Waals surface area contributed by atoms with Crippen LogP contribution >= 0.6 is 11.6 Å². The van der Waals surface area contributed by atoms with Gasteiger partial charge in [0.05, 0.1) is 17.3 Å². The Morgan fingerprint density at radius 3 is 2.41 bits per heavy atom. The fraction of sp³-hybridized carbons (Fsp3) is 0.0588. The Labute approximate surface area is 132 Å². The topological polar surface area (TPSA) is 49.4 Å². The van der Waals surface area contributed by atoms with Crippen LogP contribution < -0.4 is 10.2 Å². The molecule has 0 radical (unpaired) electrons. The Balaban J connectivity index is 2.00. The first-order valence-corrected chi connectivity index (χ1v) is 7.38. The Bertz CT molecular complexity index is 857. The Hall–Kier alpha value is -2.59. The number of ketones is 1. The largest absolute Gasteiger partial charge is 0.323 e. The van der Waals surface area contributed by atoms with Gasteiger partial charge in [-0.3, -0.25) is 9.59 Å². The third-order valence-corrected chi connectivity index (χ3v) is 4.19. The lowest BCUT2D eigenvalue weighted by molar-refractivity contribution is -0.110. The van der Waals surface area contributed by atoms with E-state index in [2.05, 4.69) is 5.32 Å². The molecule has 0 atom stereocenters. The number of carbonyl (C=O) groups excluding carboxylic acids is 2. The van der Waals surface area contributed by atoms with E-state index in [1.165, 1.54) is 0 Å². The average molecular weight is 311 g/mol. The van der Waals surface area contributed by atoms with Crippen LogP contribution in [0.15, 0.2) is 54.2 Å². The molecule has 1 amide bonds. The van der Waals surface area contributed by atoms with E-state index < -0.39 is 0 Å². The van der Waals surface area contributed by atoms with Crippen molar-refractivity contribution in [1.82, 2.24) is 0 Å². The molecule has 5 heteroatoms. The highest BCUT2D eigenvalue weighted by molar-refractivity contribution is 6.39. The second kappa shape index (κ2) is 4.71. The zero-order valence-corrected chi connectivity index (χ0v) is 12.2. The first-order valence-electron chi connectivity index (χ1n) is 6.84. The summed E-state index contributed by atoms with van der Waals surface area (Å²) in [5, 5.41) is 2.80. The van der Waals surface area contributed by atoms with E-state index in [0.717, 1.165) is 11.3 Å². The van der Waals surface area contributed by atoms with Crippen molar-refractivity contribution in [2.24, 2.45) is 0 Å². The van der Waals surface area contributed by atoms with Gasteiger partial charge in [0, 0.05) is 16.8 Å². The number of Topliss-reactive ketones (excluding diaryl/α,β-unsaturated/α-hetero) is 1. The summed E-state index contributed by atoms with van der Waals surface area (Å²) in [6, 6.07) is 14.7. The van der Waals surface area contributed by atoms with Gasteiger partial charge in [-0.25, -0.2) is 0 Å². The quantitative estimate of drug-likeness (QED) is 0.500. The van der Waals surface area contributed by atoms with Gasteiger partial charge in [0.15, 0.2) is 0 Å². The smallest absolute Gasteiger partial charge is 0.258 e. The van der Waals surface area contributed by atoms with Crippen molar-refractivity contribution in [3.8, 4) is 0 Å². The second-order valence-corrected chi connectivity index (χ2v) is 5.36. The monoisotopic (exact) mass is 310 g/mol. The number of rotatable bonds is 1. The SMILES string of the molecule is O=C1Nc2ccccc2/C1=C1\C(=O)c2ccccc2N1CCl. The van der Waals surface area contributed by atoms with E-state index in [9.17, 15) is 9.59 Å². The van der Waals surface area contributed by atoms with E-state index in [4.69, 9.17) is 11.6 Å². The van der Waals surface area contributed by atoms with Crippen molar-refractivity contribution in [3.05, 3.63) is 65.4 Å². The molecule has 2 aromatic rings. The molecule has 4 nitrogen and oxygen atoms in total. The Morgan fingerprint density at radius 1 is 0.955 bits per heavy atom. The first-order chi connectivity index (χ1) is 10.7. The van der Waals surface area contributed by atoms with Gasteiger partial charge < -0.3 is 10.2 Å². The lowest BCUT2D eigenvalue weighted by Crippen LogP contribution is -2.22. The predicted molar refractivity (Wildman–Crippen MR) is 86.0 cm³/mol. The normalized spacial score (nSPS) is 19.2. The van der Waals surface area contributed by atoms with Crippen LogP contribution in [0.2, 0.25) is 0 Å². The first kappa shape index (κ1) is 13.1. The number of hydrogen-bond acceptors (Lipinski definition) is 3. The summed E-state index contributed by atoms with van der Waals surface area (Å²) in [6.45, 7) is 0. The molecule has 108 valence electrons. The number of halogens is 1. The number of hydrogen-bond donors (Lipinski definition) is 1. The molecule has 0 aliphatic carbocycles. The molecule has 4 rings (SSSR count). The molecule has 0 aromatic heterocycles. The highest BCUT2D eigenvalue weighted by Gasteiger charge is 2.38. The maximum Gasteiger partial charge on any atom is 0.258 e. The Kier molecular flexibility index (Phi) is 2.81. The number of amides is 1. The average Bonchev–Trinajstić information content (AvgIpc) is 3.01. The molecule has 2 aliphatic heterocycles. The van der Waals surface area contributed by atoms with Crippen LogP contribution in [0.25, 0.3) is 5.57 Å². The predicted octanol–water partition coefficient (Wildman–Crippen LogP) is 3.25. The van der Waals surface area contributed by atoms with Crippen LogP contribution in [0.5, 0.6) is 0 Å². The summed E-state index contributed by atoms with van der Waals surface area (Å²) in [6.07, 6.45) is 0. The lowest BCUT2D eigenvalue weighted by Gasteiger charge is -2.18.